The summed E-state index contributed by atoms with van der Waals surface area (Å²) in [6, 6.07) is 4.71. The van der Waals surface area contributed by atoms with Crippen LogP contribution in [0.2, 0.25) is 0 Å². The van der Waals surface area contributed by atoms with Gasteiger partial charge in [-0.25, -0.2) is 4.79 Å². The minimum absolute atomic E-state index is 0.0530. The van der Waals surface area contributed by atoms with Crippen LogP contribution >= 0.6 is 0 Å². The summed E-state index contributed by atoms with van der Waals surface area (Å²) in [4.78, 5) is 37.3. The molecule has 2 aliphatic rings. The third-order valence-electron chi connectivity index (χ3n) is 9.28. The maximum atomic E-state index is 13.5. The number of carbonyl (C=O) groups is 2. The topological polar surface area (TPSA) is 101 Å². The van der Waals surface area contributed by atoms with Crippen LogP contribution in [0.1, 0.15) is 53.9 Å². The monoisotopic (exact) mass is 512 g/mol. The van der Waals surface area contributed by atoms with Gasteiger partial charge in [0, 0.05) is 29.7 Å². The zero-order chi connectivity index (χ0) is 27.3. The number of carbonyl (C=O) groups excluding carboxylic acids is 2. The smallest absolute Gasteiger partial charge is 0.336 e. The van der Waals surface area contributed by atoms with E-state index >= 15 is 0 Å². The molecular formula is C29H36O8. The highest BCUT2D eigenvalue weighted by molar-refractivity contribution is 5.92. The van der Waals surface area contributed by atoms with Gasteiger partial charge >= 0.3 is 11.6 Å². The molecule has 0 spiro atoms. The fraction of sp³-hybridized carbons (Fsp3) is 0.552. The molecule has 2 fully saturated rings. The largest absolute Gasteiger partial charge is 0.493 e. The molecule has 2 aromatic rings. The average Bonchev–Trinajstić information content (AvgIpc) is 2.83. The van der Waals surface area contributed by atoms with Gasteiger partial charge in [0.05, 0.1) is 20.8 Å². The number of methoxy groups -OCH3 is 2. The molecule has 1 aromatic carbocycles. The molecule has 4 atom stereocenters. The molecule has 1 aromatic heterocycles. The zero-order valence-corrected chi connectivity index (χ0v) is 22.7. The standard InChI is InChI=1S/C29H36O8/c1-16-11-12-29(6)27(3,4)26(32)21(36-17(2)30)14-28(29,5)19(16)15-35-24-20(33-7)13-18-9-10-22(31)37-23(18)25(24)34-8/h9-10,13,19,21H,1,11-12,14-15H2,2-8H3/t19-,21-,28-,29+/m0/s1. The predicted molar refractivity (Wildman–Crippen MR) is 138 cm³/mol. The highest BCUT2D eigenvalue weighted by Gasteiger charge is 2.66. The van der Waals surface area contributed by atoms with Crippen LogP contribution in [0.5, 0.6) is 17.2 Å². The van der Waals surface area contributed by atoms with Gasteiger partial charge in [-0.15, -0.1) is 0 Å². The van der Waals surface area contributed by atoms with Crippen LogP contribution in [-0.2, 0) is 14.3 Å². The van der Waals surface area contributed by atoms with Gasteiger partial charge in [-0.3, -0.25) is 9.59 Å². The summed E-state index contributed by atoms with van der Waals surface area (Å²) < 4.78 is 28.6. The molecule has 0 N–H and O–H groups in total. The zero-order valence-electron chi connectivity index (χ0n) is 22.7. The number of ether oxygens (including phenoxy) is 4. The van der Waals surface area contributed by atoms with Crippen molar-refractivity contribution in [2.45, 2.75) is 60.0 Å². The van der Waals surface area contributed by atoms with E-state index < -0.39 is 33.9 Å². The van der Waals surface area contributed by atoms with E-state index in [0.29, 0.717) is 23.3 Å². The highest BCUT2D eigenvalue weighted by atomic mass is 16.5. The highest BCUT2D eigenvalue weighted by Crippen LogP contribution is 2.67. The van der Waals surface area contributed by atoms with Crippen LogP contribution in [-0.4, -0.2) is 38.7 Å². The number of hydrogen-bond donors (Lipinski definition) is 0. The predicted octanol–water partition coefficient (Wildman–Crippen LogP) is 5.10. The van der Waals surface area contributed by atoms with Crippen molar-refractivity contribution in [3.63, 3.8) is 0 Å². The van der Waals surface area contributed by atoms with Gasteiger partial charge in [-0.05, 0) is 42.2 Å². The van der Waals surface area contributed by atoms with Crippen molar-refractivity contribution in [2.24, 2.45) is 22.2 Å². The number of fused-ring (bicyclic) bond motifs is 2. The van der Waals surface area contributed by atoms with Crippen molar-refractivity contribution < 1.29 is 33.0 Å². The minimum Gasteiger partial charge on any atom is -0.493 e. The van der Waals surface area contributed by atoms with Gasteiger partial charge in [0.15, 0.2) is 23.2 Å². The molecule has 0 bridgehead atoms. The molecule has 8 heteroatoms. The van der Waals surface area contributed by atoms with Gasteiger partial charge in [0.2, 0.25) is 11.5 Å². The summed E-state index contributed by atoms with van der Waals surface area (Å²) in [6.45, 7) is 14.1. The molecule has 0 unspecified atom stereocenters. The van der Waals surface area contributed by atoms with Crippen molar-refractivity contribution in [3.05, 3.63) is 40.8 Å². The number of benzene rings is 1. The third-order valence-corrected chi connectivity index (χ3v) is 9.28. The SMILES string of the molecule is C=C1CC[C@]2(C)C(C)(C)C(=O)[C@@H](OC(C)=O)C[C@@]2(C)[C@H]1COc1c(OC)cc2ccc(=O)oc2c1OC. The number of hydrogen-bond acceptors (Lipinski definition) is 8. The first kappa shape index (κ1) is 26.8. The van der Waals surface area contributed by atoms with Crippen molar-refractivity contribution in [3.8, 4) is 17.2 Å². The Labute approximate surface area is 216 Å². The normalized spacial score (nSPS) is 28.9. The average molecular weight is 513 g/mol. The lowest BCUT2D eigenvalue weighted by atomic mass is 9.39. The molecule has 37 heavy (non-hydrogen) atoms. The van der Waals surface area contributed by atoms with Crippen LogP contribution in [0.3, 0.4) is 0 Å². The minimum atomic E-state index is -0.835. The van der Waals surface area contributed by atoms with Crippen LogP contribution in [0, 0.1) is 22.2 Å². The summed E-state index contributed by atoms with van der Waals surface area (Å²) in [5.41, 5.74) is -0.824. The van der Waals surface area contributed by atoms with Crippen molar-refractivity contribution in [2.75, 3.05) is 20.8 Å². The van der Waals surface area contributed by atoms with E-state index in [0.717, 1.165) is 18.4 Å². The first-order valence-corrected chi connectivity index (χ1v) is 12.5. The molecule has 4 rings (SSSR count). The van der Waals surface area contributed by atoms with E-state index in [2.05, 4.69) is 20.4 Å². The summed E-state index contributed by atoms with van der Waals surface area (Å²) >= 11 is 0. The Kier molecular flexibility index (Phi) is 6.67. The molecule has 0 saturated heterocycles. The fourth-order valence-electron chi connectivity index (χ4n) is 6.63. The Bertz CT molecular complexity index is 1320. The van der Waals surface area contributed by atoms with Crippen molar-refractivity contribution >= 4 is 22.7 Å². The molecule has 0 aliphatic heterocycles. The van der Waals surface area contributed by atoms with E-state index in [1.807, 2.05) is 13.8 Å². The van der Waals surface area contributed by atoms with Crippen LogP contribution in [0.4, 0.5) is 0 Å². The lowest BCUT2D eigenvalue weighted by Crippen LogP contribution is -2.65. The summed E-state index contributed by atoms with van der Waals surface area (Å²) in [5, 5.41) is 0.638. The lowest BCUT2D eigenvalue weighted by Gasteiger charge is -2.64. The Morgan fingerprint density at radius 1 is 1.11 bits per heavy atom. The number of Topliss-reactive ketones (excluding diaryl/α,β-unsaturated/α-hetero) is 1. The molecule has 0 amide bonds. The quantitative estimate of drug-likeness (QED) is 0.299. The molecule has 2 saturated carbocycles. The van der Waals surface area contributed by atoms with Crippen LogP contribution in [0.15, 0.2) is 39.6 Å². The van der Waals surface area contributed by atoms with Gasteiger partial charge < -0.3 is 23.4 Å². The molecule has 200 valence electrons. The first-order valence-electron chi connectivity index (χ1n) is 12.5. The third kappa shape index (κ3) is 4.01. The molecule has 0 radical (unpaired) electrons. The fourth-order valence-corrected chi connectivity index (χ4v) is 6.63. The van der Waals surface area contributed by atoms with E-state index in [-0.39, 0.29) is 29.6 Å². The van der Waals surface area contributed by atoms with Gasteiger partial charge in [-0.2, -0.15) is 0 Å². The Hall–Kier alpha value is -3.29. The summed E-state index contributed by atoms with van der Waals surface area (Å²) in [6.07, 6.45) is 1.07. The van der Waals surface area contributed by atoms with Crippen LogP contribution < -0.4 is 19.8 Å². The summed E-state index contributed by atoms with van der Waals surface area (Å²) in [5.74, 6) is 0.323. The number of esters is 1. The maximum Gasteiger partial charge on any atom is 0.336 e. The van der Waals surface area contributed by atoms with Gasteiger partial charge in [-0.1, -0.05) is 39.8 Å². The number of ketones is 1. The molecule has 1 heterocycles. The second kappa shape index (κ2) is 9.23. The van der Waals surface area contributed by atoms with Crippen molar-refractivity contribution in [1.29, 1.82) is 0 Å². The first-order chi connectivity index (χ1) is 17.3. The van der Waals surface area contributed by atoms with E-state index in [4.69, 9.17) is 23.4 Å². The lowest BCUT2D eigenvalue weighted by molar-refractivity contribution is -0.195. The van der Waals surface area contributed by atoms with E-state index in [9.17, 15) is 14.4 Å². The van der Waals surface area contributed by atoms with Crippen molar-refractivity contribution in [1.82, 2.24) is 0 Å². The number of rotatable bonds is 6. The Morgan fingerprint density at radius 3 is 2.43 bits per heavy atom. The Morgan fingerprint density at radius 2 is 1.81 bits per heavy atom. The Balaban J connectivity index is 1.77. The second-order valence-electron chi connectivity index (χ2n) is 11.2. The molecule has 2 aliphatic carbocycles. The summed E-state index contributed by atoms with van der Waals surface area (Å²) in [7, 11) is 3.01. The van der Waals surface area contributed by atoms with E-state index in [1.54, 1.807) is 12.1 Å². The molecule has 8 nitrogen and oxygen atoms in total. The van der Waals surface area contributed by atoms with Gasteiger partial charge in [0.1, 0.15) is 0 Å². The van der Waals surface area contributed by atoms with Gasteiger partial charge in [0.25, 0.3) is 0 Å². The second-order valence-corrected chi connectivity index (χ2v) is 11.2. The maximum absolute atomic E-state index is 13.5. The molecular weight excluding hydrogens is 476 g/mol. The van der Waals surface area contributed by atoms with E-state index in [1.165, 1.54) is 27.2 Å². The van der Waals surface area contributed by atoms with Crippen LogP contribution in [0.25, 0.3) is 11.0 Å².